The Morgan fingerprint density at radius 2 is 1.80 bits per heavy atom. The SMILES string of the molecule is COc1cc(OC)nc(NC(=O)c2cccc(Cl)n2)n1. The molecule has 7 nitrogen and oxygen atoms in total. The van der Waals surface area contributed by atoms with E-state index in [9.17, 15) is 4.79 Å². The Labute approximate surface area is 119 Å². The standard InChI is InChI=1S/C12H11ClN4O3/c1-19-9-6-10(20-2)16-12(15-9)17-11(18)7-4-3-5-8(13)14-7/h3-6H,1-2H3,(H,15,16,17,18). The van der Waals surface area contributed by atoms with Gasteiger partial charge in [0.25, 0.3) is 5.91 Å². The highest BCUT2D eigenvalue weighted by molar-refractivity contribution is 6.29. The van der Waals surface area contributed by atoms with Crippen LogP contribution < -0.4 is 14.8 Å². The number of carbonyl (C=O) groups is 1. The lowest BCUT2D eigenvalue weighted by Crippen LogP contribution is -2.16. The molecule has 0 saturated heterocycles. The van der Waals surface area contributed by atoms with Crippen LogP contribution in [0.25, 0.3) is 0 Å². The molecule has 0 bridgehead atoms. The van der Waals surface area contributed by atoms with Gasteiger partial charge in [-0.2, -0.15) is 9.97 Å². The zero-order valence-corrected chi connectivity index (χ0v) is 11.5. The minimum absolute atomic E-state index is 0.0491. The molecule has 0 aliphatic heterocycles. The van der Waals surface area contributed by atoms with E-state index in [2.05, 4.69) is 20.3 Å². The lowest BCUT2D eigenvalue weighted by Gasteiger charge is -2.07. The Hall–Kier alpha value is -2.41. The van der Waals surface area contributed by atoms with Crippen molar-refractivity contribution < 1.29 is 14.3 Å². The smallest absolute Gasteiger partial charge is 0.276 e. The van der Waals surface area contributed by atoms with Crippen molar-refractivity contribution in [2.24, 2.45) is 0 Å². The van der Waals surface area contributed by atoms with Gasteiger partial charge < -0.3 is 9.47 Å². The number of methoxy groups -OCH3 is 2. The van der Waals surface area contributed by atoms with Crippen molar-refractivity contribution >= 4 is 23.5 Å². The van der Waals surface area contributed by atoms with Crippen molar-refractivity contribution in [2.75, 3.05) is 19.5 Å². The van der Waals surface area contributed by atoms with Crippen molar-refractivity contribution in [1.82, 2.24) is 15.0 Å². The molecule has 1 N–H and O–H groups in total. The highest BCUT2D eigenvalue weighted by Gasteiger charge is 2.12. The molecule has 2 rings (SSSR count). The summed E-state index contributed by atoms with van der Waals surface area (Å²) in [7, 11) is 2.90. The lowest BCUT2D eigenvalue weighted by atomic mass is 10.3. The fourth-order valence-corrected chi connectivity index (χ4v) is 1.53. The summed E-state index contributed by atoms with van der Waals surface area (Å²) in [4.78, 5) is 23.8. The van der Waals surface area contributed by atoms with E-state index >= 15 is 0 Å². The number of aromatic nitrogens is 3. The third-order valence-corrected chi connectivity index (χ3v) is 2.48. The highest BCUT2D eigenvalue weighted by Crippen LogP contribution is 2.17. The van der Waals surface area contributed by atoms with Gasteiger partial charge in [-0.1, -0.05) is 17.7 Å². The molecule has 1 amide bonds. The molecular weight excluding hydrogens is 284 g/mol. The van der Waals surface area contributed by atoms with Crippen LogP contribution in [0.2, 0.25) is 5.15 Å². The molecule has 0 fully saturated rings. The number of halogens is 1. The Kier molecular flexibility index (Phi) is 4.31. The molecule has 0 spiro atoms. The van der Waals surface area contributed by atoms with Crippen molar-refractivity contribution in [1.29, 1.82) is 0 Å². The van der Waals surface area contributed by atoms with Crippen LogP contribution in [0.1, 0.15) is 10.5 Å². The molecule has 0 aliphatic rings. The van der Waals surface area contributed by atoms with Gasteiger partial charge in [-0.3, -0.25) is 10.1 Å². The summed E-state index contributed by atoms with van der Waals surface area (Å²) in [6.45, 7) is 0. The van der Waals surface area contributed by atoms with Gasteiger partial charge in [0, 0.05) is 0 Å². The van der Waals surface area contributed by atoms with Crippen LogP contribution in [0.4, 0.5) is 5.95 Å². The maximum absolute atomic E-state index is 12.0. The zero-order chi connectivity index (χ0) is 14.5. The molecule has 0 saturated carbocycles. The van der Waals surface area contributed by atoms with Crippen LogP contribution in [0.5, 0.6) is 11.8 Å². The van der Waals surface area contributed by atoms with Gasteiger partial charge >= 0.3 is 0 Å². The number of carbonyl (C=O) groups excluding carboxylic acids is 1. The third kappa shape index (κ3) is 3.33. The van der Waals surface area contributed by atoms with Gasteiger partial charge in [-0.15, -0.1) is 0 Å². The molecule has 0 radical (unpaired) electrons. The van der Waals surface area contributed by atoms with Gasteiger partial charge in [0.1, 0.15) is 10.8 Å². The Morgan fingerprint density at radius 1 is 1.15 bits per heavy atom. The number of nitrogens with zero attached hydrogens (tertiary/aromatic N) is 3. The molecule has 2 aromatic heterocycles. The molecule has 0 aliphatic carbocycles. The number of amides is 1. The van der Waals surface area contributed by atoms with Gasteiger partial charge in [-0.25, -0.2) is 4.98 Å². The second-order valence-corrected chi connectivity index (χ2v) is 3.96. The van der Waals surface area contributed by atoms with Gasteiger partial charge in [0.15, 0.2) is 0 Å². The van der Waals surface area contributed by atoms with Gasteiger partial charge in [0.05, 0.1) is 20.3 Å². The first-order valence-electron chi connectivity index (χ1n) is 5.53. The molecule has 8 heteroatoms. The average molecular weight is 295 g/mol. The van der Waals surface area contributed by atoms with Crippen molar-refractivity contribution in [2.45, 2.75) is 0 Å². The number of anilines is 1. The Bertz CT molecular complexity index is 614. The highest BCUT2D eigenvalue weighted by atomic mass is 35.5. The summed E-state index contributed by atoms with van der Waals surface area (Å²) in [5.41, 5.74) is 0.155. The topological polar surface area (TPSA) is 86.2 Å². The number of hydrogen-bond donors (Lipinski definition) is 1. The van der Waals surface area contributed by atoms with Gasteiger partial charge in [0.2, 0.25) is 17.7 Å². The number of ether oxygens (including phenoxy) is 2. The molecule has 0 unspecified atom stereocenters. The van der Waals surface area contributed by atoms with E-state index in [-0.39, 0.29) is 28.6 Å². The molecule has 0 aromatic carbocycles. The summed E-state index contributed by atoms with van der Waals surface area (Å²) >= 11 is 5.72. The predicted octanol–water partition coefficient (Wildman–Crippen LogP) is 1.79. The molecule has 104 valence electrons. The minimum Gasteiger partial charge on any atom is -0.481 e. The zero-order valence-electron chi connectivity index (χ0n) is 10.8. The van der Waals surface area contributed by atoms with Crippen LogP contribution >= 0.6 is 11.6 Å². The monoisotopic (exact) mass is 294 g/mol. The molecule has 2 aromatic rings. The number of hydrogen-bond acceptors (Lipinski definition) is 6. The van der Waals surface area contributed by atoms with Crippen LogP contribution in [0.3, 0.4) is 0 Å². The largest absolute Gasteiger partial charge is 0.481 e. The van der Waals surface area contributed by atoms with Gasteiger partial charge in [-0.05, 0) is 12.1 Å². The number of rotatable bonds is 4. The second-order valence-electron chi connectivity index (χ2n) is 3.58. The first-order valence-corrected chi connectivity index (χ1v) is 5.91. The van der Waals surface area contributed by atoms with Crippen molar-refractivity contribution in [3.05, 3.63) is 35.1 Å². The van der Waals surface area contributed by atoms with E-state index in [1.165, 1.54) is 26.4 Å². The number of pyridine rings is 1. The second kappa shape index (κ2) is 6.16. The molecule has 20 heavy (non-hydrogen) atoms. The first kappa shape index (κ1) is 14.0. The summed E-state index contributed by atoms with van der Waals surface area (Å²) in [5.74, 6) is 0.105. The van der Waals surface area contributed by atoms with Crippen LogP contribution in [-0.4, -0.2) is 35.1 Å². The van der Waals surface area contributed by atoms with E-state index in [1.807, 2.05) is 0 Å². The summed E-state index contributed by atoms with van der Waals surface area (Å²) in [6, 6.07) is 6.21. The fraction of sp³-hybridized carbons (Fsp3) is 0.167. The fourth-order valence-electron chi connectivity index (χ4n) is 1.37. The molecular formula is C12H11ClN4O3. The van der Waals surface area contributed by atoms with Crippen LogP contribution in [0, 0.1) is 0 Å². The Balaban J connectivity index is 2.23. The molecule has 0 atom stereocenters. The normalized spacial score (nSPS) is 9.95. The minimum atomic E-state index is -0.484. The van der Waals surface area contributed by atoms with E-state index < -0.39 is 5.91 Å². The van der Waals surface area contributed by atoms with E-state index in [0.717, 1.165) is 0 Å². The van der Waals surface area contributed by atoms with Crippen LogP contribution in [-0.2, 0) is 0 Å². The number of nitrogens with one attached hydrogen (secondary N) is 1. The summed E-state index contributed by atoms with van der Waals surface area (Å²) < 4.78 is 9.97. The van der Waals surface area contributed by atoms with Crippen LogP contribution in [0.15, 0.2) is 24.3 Å². The van der Waals surface area contributed by atoms with Crippen molar-refractivity contribution in [3.63, 3.8) is 0 Å². The third-order valence-electron chi connectivity index (χ3n) is 2.27. The maximum Gasteiger partial charge on any atom is 0.276 e. The average Bonchev–Trinajstić information content (AvgIpc) is 2.46. The predicted molar refractivity (Wildman–Crippen MR) is 72.3 cm³/mol. The van der Waals surface area contributed by atoms with Crippen molar-refractivity contribution in [3.8, 4) is 11.8 Å². The van der Waals surface area contributed by atoms with E-state index in [0.29, 0.717) is 0 Å². The summed E-state index contributed by atoms with van der Waals surface area (Å²) in [5, 5.41) is 2.72. The first-order chi connectivity index (χ1) is 9.62. The Morgan fingerprint density at radius 3 is 2.35 bits per heavy atom. The maximum atomic E-state index is 12.0. The summed E-state index contributed by atoms with van der Waals surface area (Å²) in [6.07, 6.45) is 0. The van der Waals surface area contributed by atoms with E-state index in [1.54, 1.807) is 12.1 Å². The van der Waals surface area contributed by atoms with E-state index in [4.69, 9.17) is 21.1 Å². The lowest BCUT2D eigenvalue weighted by molar-refractivity contribution is 0.102. The molecule has 2 heterocycles. The quantitative estimate of drug-likeness (QED) is 0.865.